The maximum Gasteiger partial charge on any atom is 0.339 e. The highest BCUT2D eigenvalue weighted by Gasteiger charge is 2.31. The van der Waals surface area contributed by atoms with Crippen LogP contribution in [-0.4, -0.2) is 54.4 Å². The minimum absolute atomic E-state index is 0.0827. The Bertz CT molecular complexity index is 1510. The first-order valence-electron chi connectivity index (χ1n) is 11.7. The minimum Gasteiger partial charge on any atom is -0.478 e. The maximum absolute atomic E-state index is 14.5. The van der Waals surface area contributed by atoms with Crippen molar-refractivity contribution in [1.82, 2.24) is 24.3 Å². The van der Waals surface area contributed by atoms with Crippen LogP contribution in [0.5, 0.6) is 0 Å². The van der Waals surface area contributed by atoms with Crippen LogP contribution in [-0.2, 0) is 13.1 Å². The number of carbonyl (C=O) groups excluding carboxylic acids is 1. The molecule has 184 valence electrons. The standard InChI is InChI=1S/C25H22F2N6O3/c26-15-3-4-20(27)17(10-15)21-2-1-6-31(21)16-5-7-32-22(11-16)18(12-28-32)24(34)30-8-9-33-23(14-30)19(13-29-33)25(35)36/h3-5,7,10-13,21H,1-2,6,8-9,14H2,(H,35,36)/t21-/m1/s1. The summed E-state index contributed by atoms with van der Waals surface area (Å²) in [6, 6.07) is 6.88. The summed E-state index contributed by atoms with van der Waals surface area (Å²) in [6.45, 7) is 1.58. The molecular weight excluding hydrogens is 470 g/mol. The monoisotopic (exact) mass is 492 g/mol. The first kappa shape index (κ1) is 22.2. The van der Waals surface area contributed by atoms with Crippen molar-refractivity contribution in [3.05, 3.63) is 82.9 Å². The number of halogens is 2. The Morgan fingerprint density at radius 2 is 1.83 bits per heavy atom. The predicted molar refractivity (Wildman–Crippen MR) is 125 cm³/mol. The molecule has 0 bridgehead atoms. The summed E-state index contributed by atoms with van der Waals surface area (Å²) in [4.78, 5) is 28.6. The molecule has 1 amide bonds. The second-order valence-electron chi connectivity index (χ2n) is 9.05. The van der Waals surface area contributed by atoms with Gasteiger partial charge in [-0.1, -0.05) is 0 Å². The predicted octanol–water partition coefficient (Wildman–Crippen LogP) is 3.50. The van der Waals surface area contributed by atoms with Gasteiger partial charge in [-0.3, -0.25) is 9.48 Å². The second kappa shape index (κ2) is 8.43. The zero-order valence-corrected chi connectivity index (χ0v) is 19.1. The highest BCUT2D eigenvalue weighted by Crippen LogP contribution is 2.38. The van der Waals surface area contributed by atoms with Crippen molar-refractivity contribution < 1.29 is 23.5 Å². The zero-order valence-electron chi connectivity index (χ0n) is 19.1. The molecule has 1 aromatic carbocycles. The number of aromatic nitrogens is 4. The molecule has 1 atom stereocenters. The Morgan fingerprint density at radius 3 is 2.67 bits per heavy atom. The van der Waals surface area contributed by atoms with Gasteiger partial charge in [-0.25, -0.2) is 18.1 Å². The van der Waals surface area contributed by atoms with Crippen molar-refractivity contribution in [2.45, 2.75) is 32.0 Å². The van der Waals surface area contributed by atoms with Crippen molar-refractivity contribution in [3.8, 4) is 0 Å². The molecule has 6 rings (SSSR count). The summed E-state index contributed by atoms with van der Waals surface area (Å²) in [7, 11) is 0. The number of amides is 1. The number of carboxylic acid groups (broad SMARTS) is 1. The highest BCUT2D eigenvalue weighted by atomic mass is 19.1. The van der Waals surface area contributed by atoms with E-state index in [-0.39, 0.29) is 24.1 Å². The van der Waals surface area contributed by atoms with Gasteiger partial charge in [0.1, 0.15) is 17.2 Å². The normalized spacial score (nSPS) is 17.6. The molecule has 11 heteroatoms. The van der Waals surface area contributed by atoms with Gasteiger partial charge in [0.05, 0.1) is 48.3 Å². The number of hydrogen-bond acceptors (Lipinski definition) is 5. The average Bonchev–Trinajstić information content (AvgIpc) is 3.62. The number of rotatable bonds is 4. The quantitative estimate of drug-likeness (QED) is 0.469. The summed E-state index contributed by atoms with van der Waals surface area (Å²) in [5.74, 6) is -2.27. The Hall–Kier alpha value is -4.28. The van der Waals surface area contributed by atoms with E-state index in [1.807, 2.05) is 17.0 Å². The number of anilines is 1. The lowest BCUT2D eigenvalue weighted by Gasteiger charge is -2.28. The molecule has 36 heavy (non-hydrogen) atoms. The fourth-order valence-corrected chi connectivity index (χ4v) is 5.25. The molecule has 1 N–H and O–H groups in total. The summed E-state index contributed by atoms with van der Waals surface area (Å²) in [5, 5.41) is 17.9. The molecular formula is C25H22F2N6O3. The lowest BCUT2D eigenvalue weighted by molar-refractivity contribution is 0.0666. The van der Waals surface area contributed by atoms with Crippen LogP contribution in [0.1, 0.15) is 50.9 Å². The van der Waals surface area contributed by atoms with Gasteiger partial charge in [0.15, 0.2) is 0 Å². The molecule has 2 aliphatic rings. The van der Waals surface area contributed by atoms with Crippen LogP contribution in [0.15, 0.2) is 48.9 Å². The van der Waals surface area contributed by atoms with Crippen LogP contribution in [0.3, 0.4) is 0 Å². The highest BCUT2D eigenvalue weighted by molar-refractivity contribution is 6.01. The third-order valence-electron chi connectivity index (χ3n) is 7.03. The molecule has 4 aromatic rings. The number of carbonyl (C=O) groups is 2. The second-order valence-corrected chi connectivity index (χ2v) is 9.05. The Kier molecular flexibility index (Phi) is 5.20. The van der Waals surface area contributed by atoms with E-state index in [2.05, 4.69) is 10.2 Å². The maximum atomic E-state index is 14.5. The van der Waals surface area contributed by atoms with E-state index in [0.717, 1.165) is 24.2 Å². The van der Waals surface area contributed by atoms with Crippen molar-refractivity contribution in [1.29, 1.82) is 0 Å². The van der Waals surface area contributed by atoms with Gasteiger partial charge >= 0.3 is 5.97 Å². The van der Waals surface area contributed by atoms with E-state index in [1.54, 1.807) is 20.3 Å². The van der Waals surface area contributed by atoms with Crippen molar-refractivity contribution in [2.24, 2.45) is 0 Å². The average molecular weight is 492 g/mol. The van der Waals surface area contributed by atoms with E-state index in [0.29, 0.717) is 48.4 Å². The molecule has 0 aliphatic carbocycles. The third-order valence-corrected chi connectivity index (χ3v) is 7.03. The lowest BCUT2D eigenvalue weighted by Crippen LogP contribution is -2.39. The SMILES string of the molecule is O=C(O)c1cnn2c1CN(C(=O)c1cnn3ccc(N4CCC[C@@H]4c4cc(F)ccc4F)cc13)CC2. The molecule has 3 aromatic heterocycles. The third kappa shape index (κ3) is 3.58. The van der Waals surface area contributed by atoms with Crippen LogP contribution in [0.25, 0.3) is 5.52 Å². The van der Waals surface area contributed by atoms with Gasteiger partial charge in [0.2, 0.25) is 0 Å². The van der Waals surface area contributed by atoms with E-state index >= 15 is 0 Å². The van der Waals surface area contributed by atoms with Crippen LogP contribution >= 0.6 is 0 Å². The molecule has 0 unspecified atom stereocenters. The smallest absolute Gasteiger partial charge is 0.339 e. The molecule has 1 fully saturated rings. The molecule has 1 saturated heterocycles. The van der Waals surface area contributed by atoms with Gasteiger partial charge in [-0.2, -0.15) is 10.2 Å². The summed E-state index contributed by atoms with van der Waals surface area (Å²) < 4.78 is 31.6. The van der Waals surface area contributed by atoms with E-state index in [1.165, 1.54) is 18.5 Å². The Balaban J connectivity index is 1.32. The summed E-state index contributed by atoms with van der Waals surface area (Å²) in [6.07, 6.45) is 6.06. The summed E-state index contributed by atoms with van der Waals surface area (Å²) in [5.41, 5.74) is 2.63. The Labute approximate surface area is 204 Å². The van der Waals surface area contributed by atoms with Gasteiger partial charge in [-0.05, 0) is 43.2 Å². The lowest BCUT2D eigenvalue weighted by atomic mass is 10.0. The number of benzene rings is 1. The van der Waals surface area contributed by atoms with E-state index in [9.17, 15) is 23.5 Å². The van der Waals surface area contributed by atoms with Gasteiger partial charge in [-0.15, -0.1) is 0 Å². The van der Waals surface area contributed by atoms with Gasteiger partial charge in [0.25, 0.3) is 5.91 Å². The number of carboxylic acids is 1. The largest absolute Gasteiger partial charge is 0.478 e. The van der Waals surface area contributed by atoms with Gasteiger partial charge < -0.3 is 14.9 Å². The van der Waals surface area contributed by atoms with Crippen molar-refractivity contribution in [2.75, 3.05) is 18.0 Å². The Morgan fingerprint density at radius 1 is 1.00 bits per heavy atom. The van der Waals surface area contributed by atoms with Crippen LogP contribution < -0.4 is 4.90 Å². The topological polar surface area (TPSA) is 96.0 Å². The first-order chi connectivity index (χ1) is 17.4. The number of pyridine rings is 1. The van der Waals surface area contributed by atoms with Crippen molar-refractivity contribution in [3.63, 3.8) is 0 Å². The summed E-state index contributed by atoms with van der Waals surface area (Å²) >= 11 is 0. The van der Waals surface area contributed by atoms with E-state index in [4.69, 9.17) is 0 Å². The van der Waals surface area contributed by atoms with Gasteiger partial charge in [0, 0.05) is 30.5 Å². The number of hydrogen-bond donors (Lipinski definition) is 1. The molecule has 5 heterocycles. The van der Waals surface area contributed by atoms with Crippen LogP contribution in [0, 0.1) is 11.6 Å². The van der Waals surface area contributed by atoms with Crippen molar-refractivity contribution >= 4 is 23.1 Å². The fraction of sp³-hybridized carbons (Fsp3) is 0.280. The van der Waals surface area contributed by atoms with Crippen LogP contribution in [0.2, 0.25) is 0 Å². The molecule has 0 spiro atoms. The number of aromatic carboxylic acids is 1. The fourth-order valence-electron chi connectivity index (χ4n) is 5.25. The van der Waals surface area contributed by atoms with Crippen LogP contribution in [0.4, 0.5) is 14.5 Å². The molecule has 0 saturated carbocycles. The minimum atomic E-state index is -1.08. The number of nitrogens with zero attached hydrogens (tertiary/aromatic N) is 6. The molecule has 9 nitrogen and oxygen atoms in total. The number of fused-ring (bicyclic) bond motifs is 2. The zero-order chi connectivity index (χ0) is 25.0. The molecule has 2 aliphatic heterocycles. The first-order valence-corrected chi connectivity index (χ1v) is 11.7. The van der Waals surface area contributed by atoms with E-state index < -0.39 is 17.6 Å². The molecule has 0 radical (unpaired) electrons.